The summed E-state index contributed by atoms with van der Waals surface area (Å²) in [6.45, 7) is 10.9. The van der Waals surface area contributed by atoms with Gasteiger partial charge in [-0.2, -0.15) is 0 Å². The van der Waals surface area contributed by atoms with E-state index in [0.717, 1.165) is 24.4 Å². The molecule has 0 N–H and O–H groups in total. The lowest BCUT2D eigenvalue weighted by Gasteiger charge is -2.46. The second-order valence-corrected chi connectivity index (χ2v) is 7.73. The van der Waals surface area contributed by atoms with Crippen LogP contribution in [0, 0.1) is 0 Å². The van der Waals surface area contributed by atoms with Crippen molar-refractivity contribution < 1.29 is 4.74 Å². The van der Waals surface area contributed by atoms with E-state index in [2.05, 4.69) is 99.2 Å². The summed E-state index contributed by atoms with van der Waals surface area (Å²) in [6, 6.07) is 15.2. The lowest BCUT2D eigenvalue weighted by atomic mass is 9.76. The molecule has 0 fully saturated rings. The molecule has 0 unspecified atom stereocenters. The summed E-state index contributed by atoms with van der Waals surface area (Å²) in [5.74, 6) is 0.963. The zero-order valence-corrected chi connectivity index (χ0v) is 16.4. The Morgan fingerprint density at radius 3 is 2.46 bits per heavy atom. The molecule has 2 heterocycles. The first-order valence-electron chi connectivity index (χ1n) is 9.55. The maximum absolute atomic E-state index is 6.78. The topological polar surface area (TPSA) is 15.7 Å². The van der Waals surface area contributed by atoms with Crippen LogP contribution < -0.4 is 14.5 Å². The molecule has 0 bridgehead atoms. The van der Waals surface area contributed by atoms with Crippen LogP contribution in [0.2, 0.25) is 0 Å². The van der Waals surface area contributed by atoms with Gasteiger partial charge >= 0.3 is 0 Å². The molecule has 1 spiro atoms. The van der Waals surface area contributed by atoms with Gasteiger partial charge < -0.3 is 14.5 Å². The van der Waals surface area contributed by atoms with Crippen LogP contribution in [0.1, 0.15) is 38.8 Å². The summed E-state index contributed by atoms with van der Waals surface area (Å²) in [6.07, 6.45) is 4.45. The number of para-hydroxylation sites is 1. The molecule has 26 heavy (non-hydrogen) atoms. The zero-order chi connectivity index (χ0) is 18.5. The summed E-state index contributed by atoms with van der Waals surface area (Å²) in [5, 5.41) is 0. The van der Waals surface area contributed by atoms with Gasteiger partial charge in [0.2, 0.25) is 5.72 Å². The lowest BCUT2D eigenvalue weighted by molar-refractivity contribution is 0.0582. The molecular formula is C23H28N2O. The van der Waals surface area contributed by atoms with E-state index in [1.807, 2.05) is 0 Å². The SMILES string of the molecule is CCN(CC)c1ccc2c(c1)O[C@@]1(C=C2)N(C)c2ccccc2C1(C)C. The highest BCUT2D eigenvalue weighted by Crippen LogP contribution is 2.54. The zero-order valence-electron chi connectivity index (χ0n) is 16.4. The van der Waals surface area contributed by atoms with E-state index in [1.54, 1.807) is 0 Å². The third-order valence-corrected chi connectivity index (χ3v) is 6.21. The second-order valence-electron chi connectivity index (χ2n) is 7.73. The second kappa shape index (κ2) is 5.80. The van der Waals surface area contributed by atoms with Crippen molar-refractivity contribution in [1.82, 2.24) is 0 Å². The molecule has 0 aromatic heterocycles. The number of ether oxygens (including phenoxy) is 1. The third kappa shape index (κ3) is 2.13. The molecule has 3 heteroatoms. The van der Waals surface area contributed by atoms with Crippen molar-refractivity contribution >= 4 is 17.5 Å². The monoisotopic (exact) mass is 348 g/mol. The largest absolute Gasteiger partial charge is 0.463 e. The van der Waals surface area contributed by atoms with Crippen molar-refractivity contribution in [2.24, 2.45) is 0 Å². The number of nitrogens with zero attached hydrogens (tertiary/aromatic N) is 2. The number of fused-ring (bicyclic) bond motifs is 2. The molecule has 0 saturated carbocycles. The Bertz CT molecular complexity index is 866. The standard InChI is InChI=1S/C23H28N2O/c1-6-25(7-2)18-13-12-17-14-15-23(26-21(17)16-18)22(3,4)19-10-8-9-11-20(19)24(23)5/h8-16H,6-7H2,1-5H3/t23-/m1/s1. The highest BCUT2D eigenvalue weighted by Gasteiger charge is 2.57. The van der Waals surface area contributed by atoms with E-state index in [9.17, 15) is 0 Å². The van der Waals surface area contributed by atoms with Gasteiger partial charge in [0.1, 0.15) is 5.75 Å². The van der Waals surface area contributed by atoms with Gasteiger partial charge in [0, 0.05) is 43.1 Å². The summed E-state index contributed by atoms with van der Waals surface area (Å²) < 4.78 is 6.78. The van der Waals surface area contributed by atoms with E-state index < -0.39 is 5.72 Å². The van der Waals surface area contributed by atoms with E-state index in [1.165, 1.54) is 16.9 Å². The van der Waals surface area contributed by atoms with Crippen LogP contribution in [-0.2, 0) is 5.41 Å². The van der Waals surface area contributed by atoms with Crippen molar-refractivity contribution in [3.63, 3.8) is 0 Å². The fourth-order valence-corrected chi connectivity index (χ4v) is 4.54. The number of benzene rings is 2. The quantitative estimate of drug-likeness (QED) is 0.771. The van der Waals surface area contributed by atoms with Crippen molar-refractivity contribution in [1.29, 1.82) is 0 Å². The smallest absolute Gasteiger partial charge is 0.211 e. The van der Waals surface area contributed by atoms with E-state index in [-0.39, 0.29) is 5.41 Å². The molecule has 3 nitrogen and oxygen atoms in total. The average Bonchev–Trinajstić information content (AvgIpc) is 2.82. The van der Waals surface area contributed by atoms with Gasteiger partial charge in [-0.1, -0.05) is 18.2 Å². The average molecular weight is 348 g/mol. The number of hydrogen-bond donors (Lipinski definition) is 0. The molecule has 2 aliphatic heterocycles. The van der Waals surface area contributed by atoms with Crippen molar-refractivity contribution in [3.05, 3.63) is 59.7 Å². The van der Waals surface area contributed by atoms with Gasteiger partial charge in [-0.25, -0.2) is 0 Å². The lowest BCUT2D eigenvalue weighted by Crippen LogP contribution is -2.58. The van der Waals surface area contributed by atoms with Gasteiger partial charge in [0.25, 0.3) is 0 Å². The van der Waals surface area contributed by atoms with Crippen LogP contribution in [0.5, 0.6) is 5.75 Å². The Morgan fingerprint density at radius 2 is 1.77 bits per heavy atom. The maximum Gasteiger partial charge on any atom is 0.211 e. The molecule has 136 valence electrons. The van der Waals surface area contributed by atoms with Crippen molar-refractivity contribution in [2.45, 2.75) is 38.8 Å². The van der Waals surface area contributed by atoms with Crippen LogP contribution >= 0.6 is 0 Å². The highest BCUT2D eigenvalue weighted by molar-refractivity contribution is 5.73. The van der Waals surface area contributed by atoms with Crippen molar-refractivity contribution in [3.8, 4) is 5.75 Å². The van der Waals surface area contributed by atoms with Crippen LogP contribution in [0.15, 0.2) is 48.5 Å². The molecule has 0 radical (unpaired) electrons. The third-order valence-electron chi connectivity index (χ3n) is 6.21. The van der Waals surface area contributed by atoms with Gasteiger partial charge in [-0.15, -0.1) is 0 Å². The fraction of sp³-hybridized carbons (Fsp3) is 0.391. The first-order valence-corrected chi connectivity index (χ1v) is 9.55. The van der Waals surface area contributed by atoms with Crippen LogP contribution in [0.25, 0.3) is 6.08 Å². The molecule has 0 amide bonds. The molecule has 0 saturated heterocycles. The molecular weight excluding hydrogens is 320 g/mol. The van der Waals surface area contributed by atoms with E-state index >= 15 is 0 Å². The number of likely N-dealkylation sites (N-methyl/N-ethyl adjacent to an activating group) is 1. The summed E-state index contributed by atoms with van der Waals surface area (Å²) in [5.41, 5.74) is 4.27. The number of hydrogen-bond acceptors (Lipinski definition) is 3. The Labute approximate surface area is 156 Å². The first kappa shape index (κ1) is 17.0. The van der Waals surface area contributed by atoms with Gasteiger partial charge in [0.05, 0.1) is 5.41 Å². The Kier molecular flexibility index (Phi) is 3.80. The summed E-state index contributed by atoms with van der Waals surface area (Å²) in [7, 11) is 2.14. The maximum atomic E-state index is 6.78. The Morgan fingerprint density at radius 1 is 1.04 bits per heavy atom. The molecule has 2 aromatic carbocycles. The first-order chi connectivity index (χ1) is 12.4. The van der Waals surface area contributed by atoms with E-state index in [4.69, 9.17) is 4.74 Å². The highest BCUT2D eigenvalue weighted by atomic mass is 16.5. The van der Waals surface area contributed by atoms with E-state index in [0.29, 0.717) is 0 Å². The summed E-state index contributed by atoms with van der Waals surface area (Å²) >= 11 is 0. The van der Waals surface area contributed by atoms with Gasteiger partial charge in [-0.05, 0) is 63.6 Å². The summed E-state index contributed by atoms with van der Waals surface area (Å²) in [4.78, 5) is 4.64. The van der Waals surface area contributed by atoms with Crippen LogP contribution in [0.4, 0.5) is 11.4 Å². The van der Waals surface area contributed by atoms with Gasteiger partial charge in [-0.3, -0.25) is 0 Å². The Balaban J connectivity index is 1.80. The Hall–Kier alpha value is -2.42. The fourth-order valence-electron chi connectivity index (χ4n) is 4.54. The predicted molar refractivity (Wildman–Crippen MR) is 110 cm³/mol. The predicted octanol–water partition coefficient (Wildman–Crippen LogP) is 5.06. The normalized spacial score (nSPS) is 22.1. The molecule has 4 rings (SSSR count). The number of rotatable bonds is 3. The van der Waals surface area contributed by atoms with Crippen LogP contribution in [0.3, 0.4) is 0 Å². The molecule has 0 aliphatic carbocycles. The minimum absolute atomic E-state index is 0.155. The van der Waals surface area contributed by atoms with Gasteiger partial charge in [0.15, 0.2) is 0 Å². The van der Waals surface area contributed by atoms with Crippen LogP contribution in [-0.4, -0.2) is 25.9 Å². The number of anilines is 2. The minimum atomic E-state index is -0.508. The minimum Gasteiger partial charge on any atom is -0.463 e. The molecule has 2 aromatic rings. The molecule has 1 atom stereocenters. The van der Waals surface area contributed by atoms with Crippen molar-refractivity contribution in [2.75, 3.05) is 29.9 Å². The molecule has 2 aliphatic rings.